The summed E-state index contributed by atoms with van der Waals surface area (Å²) in [5, 5.41) is 3.19. The minimum atomic E-state index is 0.133. The summed E-state index contributed by atoms with van der Waals surface area (Å²) in [5.41, 5.74) is 0.928. The van der Waals surface area contributed by atoms with Gasteiger partial charge in [-0.25, -0.2) is 4.98 Å². The van der Waals surface area contributed by atoms with Crippen molar-refractivity contribution in [3.63, 3.8) is 0 Å². The zero-order valence-corrected chi connectivity index (χ0v) is 9.48. The van der Waals surface area contributed by atoms with E-state index in [1.807, 2.05) is 0 Å². The van der Waals surface area contributed by atoms with Crippen LogP contribution < -0.4 is 10.1 Å². The van der Waals surface area contributed by atoms with E-state index in [0.29, 0.717) is 12.5 Å². The zero-order chi connectivity index (χ0) is 11.2. The summed E-state index contributed by atoms with van der Waals surface area (Å²) in [7, 11) is 0. The minimum absolute atomic E-state index is 0.133. The fraction of sp³-hybridized carbons (Fsp3) is 0.636. The van der Waals surface area contributed by atoms with Crippen molar-refractivity contribution in [2.45, 2.75) is 26.0 Å². The average Bonchev–Trinajstić information content (AvgIpc) is 2.81. The molecule has 16 heavy (non-hydrogen) atoms. The molecule has 0 aromatic carbocycles. The number of nitrogens with zero attached hydrogens (tertiary/aromatic N) is 2. The molecule has 1 fully saturated rings. The van der Waals surface area contributed by atoms with E-state index in [1.54, 1.807) is 12.4 Å². The van der Waals surface area contributed by atoms with Crippen LogP contribution in [0, 0.1) is 0 Å². The number of hydrogen-bond donors (Lipinski definition) is 1. The highest BCUT2D eigenvalue weighted by Crippen LogP contribution is 2.13. The highest BCUT2D eigenvalue weighted by molar-refractivity contribution is 5.07. The van der Waals surface area contributed by atoms with Gasteiger partial charge in [0.25, 0.3) is 0 Å². The van der Waals surface area contributed by atoms with Gasteiger partial charge in [0.1, 0.15) is 6.10 Å². The summed E-state index contributed by atoms with van der Waals surface area (Å²) in [6.07, 6.45) is 4.48. The van der Waals surface area contributed by atoms with Crippen LogP contribution in [0.2, 0.25) is 0 Å². The largest absolute Gasteiger partial charge is 0.471 e. The molecule has 0 amide bonds. The molecule has 2 heterocycles. The first-order valence-electron chi connectivity index (χ1n) is 5.64. The maximum absolute atomic E-state index is 5.62. The molecule has 1 aromatic heterocycles. The third-order valence-corrected chi connectivity index (χ3v) is 2.41. The molecule has 1 aromatic rings. The maximum atomic E-state index is 5.62. The van der Waals surface area contributed by atoms with E-state index in [0.717, 1.165) is 31.8 Å². The van der Waals surface area contributed by atoms with Crippen molar-refractivity contribution in [2.75, 3.05) is 19.8 Å². The second-order valence-corrected chi connectivity index (χ2v) is 3.73. The van der Waals surface area contributed by atoms with Crippen LogP contribution in [0.25, 0.3) is 0 Å². The fourth-order valence-electron chi connectivity index (χ4n) is 1.52. The molecule has 2 rings (SSSR count). The summed E-state index contributed by atoms with van der Waals surface area (Å²) in [5.74, 6) is 0.579. The molecular formula is C11H17N3O2. The lowest BCUT2D eigenvalue weighted by Crippen LogP contribution is -2.17. The first kappa shape index (κ1) is 11.3. The van der Waals surface area contributed by atoms with Gasteiger partial charge in [0.2, 0.25) is 5.88 Å². The Labute approximate surface area is 95.2 Å². The normalized spacial score (nSPS) is 19.9. The molecule has 0 spiro atoms. The fourth-order valence-corrected chi connectivity index (χ4v) is 1.52. The molecule has 1 N–H and O–H groups in total. The maximum Gasteiger partial charge on any atom is 0.232 e. The first-order valence-corrected chi connectivity index (χ1v) is 5.64. The molecule has 0 bridgehead atoms. The van der Waals surface area contributed by atoms with Crippen molar-refractivity contribution >= 4 is 0 Å². The Balaban J connectivity index is 1.86. The molecule has 1 aliphatic rings. The summed E-state index contributed by atoms with van der Waals surface area (Å²) in [6, 6.07) is 0. The van der Waals surface area contributed by atoms with Crippen molar-refractivity contribution < 1.29 is 9.47 Å². The van der Waals surface area contributed by atoms with E-state index in [-0.39, 0.29) is 6.10 Å². The molecule has 0 radical (unpaired) electrons. The van der Waals surface area contributed by atoms with E-state index >= 15 is 0 Å². The first-order chi connectivity index (χ1) is 7.88. The van der Waals surface area contributed by atoms with Gasteiger partial charge in [0.05, 0.1) is 31.3 Å². The predicted molar refractivity (Wildman–Crippen MR) is 59.3 cm³/mol. The van der Waals surface area contributed by atoms with E-state index in [1.165, 1.54) is 0 Å². The highest BCUT2D eigenvalue weighted by Gasteiger charge is 2.17. The predicted octanol–water partition coefficient (Wildman–Crippen LogP) is 0.754. The molecule has 0 aliphatic carbocycles. The van der Waals surface area contributed by atoms with Crippen molar-refractivity contribution in [3.8, 4) is 5.88 Å². The Hall–Kier alpha value is -1.20. The van der Waals surface area contributed by atoms with Crippen LogP contribution in [0.5, 0.6) is 5.88 Å². The van der Waals surface area contributed by atoms with Gasteiger partial charge < -0.3 is 14.8 Å². The Bertz CT molecular complexity index is 310. The van der Waals surface area contributed by atoms with Crippen LogP contribution in [-0.4, -0.2) is 35.8 Å². The van der Waals surface area contributed by atoms with Crippen LogP contribution in [-0.2, 0) is 11.3 Å². The van der Waals surface area contributed by atoms with Gasteiger partial charge in [-0.05, 0) is 6.54 Å². The summed E-state index contributed by atoms with van der Waals surface area (Å²) in [4.78, 5) is 8.48. The minimum Gasteiger partial charge on any atom is -0.471 e. The summed E-state index contributed by atoms with van der Waals surface area (Å²) >= 11 is 0. The van der Waals surface area contributed by atoms with Gasteiger partial charge >= 0.3 is 0 Å². The van der Waals surface area contributed by atoms with Crippen molar-refractivity contribution in [2.24, 2.45) is 0 Å². The molecule has 1 unspecified atom stereocenters. The van der Waals surface area contributed by atoms with Crippen molar-refractivity contribution in [1.82, 2.24) is 15.3 Å². The monoisotopic (exact) mass is 223 g/mol. The van der Waals surface area contributed by atoms with Crippen LogP contribution in [0.15, 0.2) is 12.4 Å². The lowest BCUT2D eigenvalue weighted by Gasteiger charge is -2.10. The Morgan fingerprint density at radius 2 is 2.44 bits per heavy atom. The van der Waals surface area contributed by atoms with E-state index < -0.39 is 0 Å². The van der Waals surface area contributed by atoms with E-state index in [9.17, 15) is 0 Å². The Kier molecular flexibility index (Phi) is 4.07. The average molecular weight is 223 g/mol. The highest BCUT2D eigenvalue weighted by atomic mass is 16.5. The van der Waals surface area contributed by atoms with Crippen molar-refractivity contribution in [1.29, 1.82) is 0 Å². The number of ether oxygens (including phenoxy) is 2. The summed E-state index contributed by atoms with van der Waals surface area (Å²) < 4.78 is 10.8. The molecule has 1 atom stereocenters. The molecule has 5 heteroatoms. The molecule has 5 nitrogen and oxygen atoms in total. The molecular weight excluding hydrogens is 206 g/mol. The lowest BCUT2D eigenvalue weighted by atomic mass is 10.3. The number of hydrogen-bond acceptors (Lipinski definition) is 5. The zero-order valence-electron chi connectivity index (χ0n) is 9.48. The van der Waals surface area contributed by atoms with Gasteiger partial charge in [0.15, 0.2) is 0 Å². The van der Waals surface area contributed by atoms with Crippen LogP contribution >= 0.6 is 0 Å². The molecule has 0 saturated carbocycles. The lowest BCUT2D eigenvalue weighted by molar-refractivity contribution is 0.137. The van der Waals surface area contributed by atoms with Gasteiger partial charge in [-0.1, -0.05) is 6.92 Å². The number of rotatable bonds is 5. The second-order valence-electron chi connectivity index (χ2n) is 3.73. The van der Waals surface area contributed by atoms with E-state index in [4.69, 9.17) is 9.47 Å². The van der Waals surface area contributed by atoms with Crippen LogP contribution in [0.4, 0.5) is 0 Å². The Morgan fingerprint density at radius 1 is 1.50 bits per heavy atom. The quantitative estimate of drug-likeness (QED) is 0.798. The Morgan fingerprint density at radius 3 is 3.06 bits per heavy atom. The number of aromatic nitrogens is 2. The molecule has 88 valence electrons. The number of nitrogens with one attached hydrogen (secondary N) is 1. The van der Waals surface area contributed by atoms with Gasteiger partial charge in [-0.15, -0.1) is 0 Å². The molecule has 1 aliphatic heterocycles. The topological polar surface area (TPSA) is 56.3 Å². The van der Waals surface area contributed by atoms with Gasteiger partial charge in [-0.3, -0.25) is 4.98 Å². The van der Waals surface area contributed by atoms with Crippen LogP contribution in [0.3, 0.4) is 0 Å². The van der Waals surface area contributed by atoms with Crippen LogP contribution in [0.1, 0.15) is 19.0 Å². The third-order valence-electron chi connectivity index (χ3n) is 2.41. The second kappa shape index (κ2) is 5.77. The van der Waals surface area contributed by atoms with Gasteiger partial charge in [-0.2, -0.15) is 0 Å². The van der Waals surface area contributed by atoms with E-state index in [2.05, 4.69) is 22.2 Å². The smallest absolute Gasteiger partial charge is 0.232 e. The third kappa shape index (κ3) is 3.15. The SMILES string of the molecule is CCNCc1cnc(OC2CCOC2)cn1. The standard InChI is InChI=1S/C11H17N3O2/c1-2-12-5-9-6-14-11(7-13-9)16-10-3-4-15-8-10/h6-7,10,12H,2-5,8H2,1H3. The summed E-state index contributed by atoms with van der Waals surface area (Å²) in [6.45, 7) is 5.16. The van der Waals surface area contributed by atoms with Crippen molar-refractivity contribution in [3.05, 3.63) is 18.1 Å². The molecule has 1 saturated heterocycles. The van der Waals surface area contributed by atoms with Gasteiger partial charge in [0, 0.05) is 13.0 Å².